The van der Waals surface area contributed by atoms with Crippen molar-refractivity contribution in [2.45, 2.75) is 12.8 Å². The molecule has 0 spiro atoms. The number of unbranched alkanes of at least 4 members (excludes halogenated alkanes) is 1. The molecule has 0 fully saturated rings. The Bertz CT molecular complexity index is 1950. The van der Waals surface area contributed by atoms with Crippen molar-refractivity contribution in [3.05, 3.63) is 90.5 Å². The summed E-state index contributed by atoms with van der Waals surface area (Å²) in [7, 11) is 3.96. The molecule has 0 saturated carbocycles. The van der Waals surface area contributed by atoms with Gasteiger partial charge in [0.25, 0.3) is 5.91 Å². The van der Waals surface area contributed by atoms with Crippen LogP contribution >= 0.6 is 0 Å². The molecule has 1 amide bonds. The van der Waals surface area contributed by atoms with Crippen LogP contribution in [0.4, 0.5) is 0 Å². The minimum absolute atomic E-state index is 0.0828. The van der Waals surface area contributed by atoms with E-state index in [-0.39, 0.29) is 5.91 Å². The van der Waals surface area contributed by atoms with E-state index in [9.17, 15) is 4.79 Å². The molecule has 0 unspecified atom stereocenters. The molecule has 220 valence electrons. The molecule has 6 aromatic rings. The van der Waals surface area contributed by atoms with Gasteiger partial charge in [-0.25, -0.2) is 9.97 Å². The molecule has 3 N–H and O–H groups in total. The highest BCUT2D eigenvalue weighted by atomic mass is 16.5. The van der Waals surface area contributed by atoms with Crippen molar-refractivity contribution >= 4 is 28.0 Å². The van der Waals surface area contributed by atoms with Gasteiger partial charge >= 0.3 is 0 Å². The van der Waals surface area contributed by atoms with Crippen LogP contribution in [-0.4, -0.2) is 64.5 Å². The first-order chi connectivity index (χ1) is 21.5. The highest BCUT2D eigenvalue weighted by Crippen LogP contribution is 2.30. The summed E-state index contributed by atoms with van der Waals surface area (Å²) < 4.78 is 5.71. The van der Waals surface area contributed by atoms with Crippen molar-refractivity contribution in [2.24, 2.45) is 0 Å². The van der Waals surface area contributed by atoms with Gasteiger partial charge in [0.15, 0.2) is 0 Å². The lowest BCUT2D eigenvalue weighted by atomic mass is 10.0. The Morgan fingerprint density at radius 3 is 1.91 bits per heavy atom. The molecule has 0 radical (unpaired) electrons. The molecular formula is C35H33N7O2. The van der Waals surface area contributed by atoms with Gasteiger partial charge in [0.1, 0.15) is 17.4 Å². The first-order valence-corrected chi connectivity index (χ1v) is 14.6. The van der Waals surface area contributed by atoms with E-state index in [0.29, 0.717) is 31.6 Å². The fourth-order valence-electron chi connectivity index (χ4n) is 4.97. The van der Waals surface area contributed by atoms with Gasteiger partial charge in [-0.3, -0.25) is 4.79 Å². The van der Waals surface area contributed by atoms with Crippen LogP contribution in [0.5, 0.6) is 5.75 Å². The Morgan fingerprint density at radius 1 is 0.818 bits per heavy atom. The first kappa shape index (κ1) is 28.6. The van der Waals surface area contributed by atoms with Gasteiger partial charge in [0.05, 0.1) is 34.7 Å². The largest absolute Gasteiger partial charge is 0.494 e. The van der Waals surface area contributed by atoms with E-state index in [0.717, 1.165) is 68.3 Å². The Hall–Kier alpha value is -5.46. The quantitative estimate of drug-likeness (QED) is 0.151. The standard InChI is InChI=1S/C35H33N7O2/c1-42(2)19-18-37-35(43)25-7-5-23(6-8-25)33-38-29-15-11-26(21-31(29)40-33)27-12-16-30-32(22-27)41-34(39-30)24-9-13-28(14-10-24)44-20-4-3-17-36/h5-16,21-22H,3-4,18-20H2,1-2H3,(H,37,43)(H,38,40)(H,39,41). The molecule has 2 aromatic heterocycles. The zero-order valence-electron chi connectivity index (χ0n) is 24.7. The highest BCUT2D eigenvalue weighted by molar-refractivity contribution is 5.95. The lowest BCUT2D eigenvalue weighted by molar-refractivity contribution is 0.0951. The summed E-state index contributed by atoms with van der Waals surface area (Å²) in [5, 5.41) is 11.6. The summed E-state index contributed by atoms with van der Waals surface area (Å²) in [6.45, 7) is 1.92. The van der Waals surface area contributed by atoms with E-state index >= 15 is 0 Å². The van der Waals surface area contributed by atoms with Crippen LogP contribution in [0, 0.1) is 11.3 Å². The molecule has 0 aliphatic heterocycles. The summed E-state index contributed by atoms with van der Waals surface area (Å²) in [4.78, 5) is 31.0. The third-order valence-corrected chi connectivity index (χ3v) is 7.39. The van der Waals surface area contributed by atoms with Crippen molar-refractivity contribution in [3.63, 3.8) is 0 Å². The second kappa shape index (κ2) is 12.8. The number of hydrogen-bond acceptors (Lipinski definition) is 6. The number of fused-ring (bicyclic) bond motifs is 2. The lowest BCUT2D eigenvalue weighted by Crippen LogP contribution is -2.31. The van der Waals surface area contributed by atoms with E-state index in [4.69, 9.17) is 20.0 Å². The summed E-state index contributed by atoms with van der Waals surface area (Å²) in [5.41, 5.74) is 8.24. The van der Waals surface area contributed by atoms with Gasteiger partial charge in [-0.2, -0.15) is 5.26 Å². The number of benzene rings is 4. The summed E-state index contributed by atoms with van der Waals surface area (Å²) in [5.74, 6) is 2.23. The topological polar surface area (TPSA) is 123 Å². The van der Waals surface area contributed by atoms with Gasteiger partial charge in [-0.1, -0.05) is 24.3 Å². The number of aromatic nitrogens is 4. The number of H-pyrrole nitrogens is 2. The van der Waals surface area contributed by atoms with Crippen LogP contribution < -0.4 is 10.1 Å². The molecule has 0 saturated heterocycles. The summed E-state index contributed by atoms with van der Waals surface area (Å²) >= 11 is 0. The highest BCUT2D eigenvalue weighted by Gasteiger charge is 2.11. The van der Waals surface area contributed by atoms with E-state index in [2.05, 4.69) is 45.6 Å². The number of aromatic amines is 2. The molecule has 0 atom stereocenters. The van der Waals surface area contributed by atoms with E-state index in [1.54, 1.807) is 0 Å². The number of imidazole rings is 2. The Morgan fingerprint density at radius 2 is 1.36 bits per heavy atom. The number of likely N-dealkylation sites (N-methyl/N-ethyl adjacent to an activating group) is 1. The van der Waals surface area contributed by atoms with Crippen LogP contribution in [0.25, 0.3) is 56.0 Å². The van der Waals surface area contributed by atoms with Crippen LogP contribution in [0.15, 0.2) is 84.9 Å². The number of nitrogens with zero attached hydrogens (tertiary/aromatic N) is 4. The Labute approximate surface area is 255 Å². The number of amides is 1. The van der Waals surface area contributed by atoms with Gasteiger partial charge in [-0.15, -0.1) is 0 Å². The number of nitrogens with one attached hydrogen (secondary N) is 3. The number of hydrogen-bond donors (Lipinski definition) is 3. The van der Waals surface area contributed by atoms with Gasteiger partial charge in [0.2, 0.25) is 0 Å². The molecule has 9 nitrogen and oxygen atoms in total. The van der Waals surface area contributed by atoms with Gasteiger partial charge < -0.3 is 24.9 Å². The maximum Gasteiger partial charge on any atom is 0.251 e. The first-order valence-electron chi connectivity index (χ1n) is 14.6. The number of nitriles is 1. The van der Waals surface area contributed by atoms with Crippen molar-refractivity contribution in [1.82, 2.24) is 30.2 Å². The third kappa shape index (κ3) is 6.46. The number of carbonyl (C=O) groups excluding carboxylic acids is 1. The fourth-order valence-corrected chi connectivity index (χ4v) is 4.97. The van der Waals surface area contributed by atoms with Crippen molar-refractivity contribution in [2.75, 3.05) is 33.8 Å². The van der Waals surface area contributed by atoms with Crippen LogP contribution in [0.1, 0.15) is 23.2 Å². The maximum absolute atomic E-state index is 12.4. The molecule has 0 aliphatic carbocycles. The number of rotatable bonds is 11. The molecule has 2 heterocycles. The zero-order chi connectivity index (χ0) is 30.5. The predicted octanol–water partition coefficient (Wildman–Crippen LogP) is 6.41. The minimum Gasteiger partial charge on any atom is -0.494 e. The molecular weight excluding hydrogens is 550 g/mol. The molecule has 0 bridgehead atoms. The maximum atomic E-state index is 12.4. The third-order valence-electron chi connectivity index (χ3n) is 7.39. The van der Waals surface area contributed by atoms with Crippen LogP contribution in [0.3, 0.4) is 0 Å². The molecule has 6 rings (SSSR count). The smallest absolute Gasteiger partial charge is 0.251 e. The SMILES string of the molecule is CN(C)CCNC(=O)c1ccc(-c2nc3cc(-c4ccc5[nH]c(-c6ccc(OCCCC#N)cc6)nc5c4)ccc3[nH]2)cc1. The van der Waals surface area contributed by atoms with Gasteiger partial charge in [0, 0.05) is 36.2 Å². The fraction of sp³-hybridized carbons (Fsp3) is 0.200. The molecule has 9 heteroatoms. The average Bonchev–Trinajstić information content (AvgIpc) is 3.67. The molecule has 44 heavy (non-hydrogen) atoms. The normalized spacial score (nSPS) is 11.2. The van der Waals surface area contributed by atoms with Crippen LogP contribution in [-0.2, 0) is 0 Å². The van der Waals surface area contributed by atoms with Crippen LogP contribution in [0.2, 0.25) is 0 Å². The van der Waals surface area contributed by atoms with Crippen molar-refractivity contribution in [3.8, 4) is 45.7 Å². The number of ether oxygens (including phenoxy) is 1. The molecule has 4 aromatic carbocycles. The second-order valence-electron chi connectivity index (χ2n) is 10.9. The molecule has 0 aliphatic rings. The second-order valence-corrected chi connectivity index (χ2v) is 10.9. The predicted molar refractivity (Wildman–Crippen MR) is 173 cm³/mol. The van der Waals surface area contributed by atoms with Crippen molar-refractivity contribution < 1.29 is 9.53 Å². The van der Waals surface area contributed by atoms with E-state index in [1.165, 1.54) is 0 Å². The Balaban J connectivity index is 1.17. The number of carbonyl (C=O) groups is 1. The van der Waals surface area contributed by atoms with E-state index < -0.39 is 0 Å². The summed E-state index contributed by atoms with van der Waals surface area (Å²) in [6, 6.07) is 29.8. The van der Waals surface area contributed by atoms with E-state index in [1.807, 2.05) is 79.7 Å². The Kier molecular flexibility index (Phi) is 8.34. The average molecular weight is 584 g/mol. The van der Waals surface area contributed by atoms with Gasteiger partial charge in [-0.05, 0) is 92.3 Å². The zero-order valence-corrected chi connectivity index (χ0v) is 24.7. The minimum atomic E-state index is -0.0828. The lowest BCUT2D eigenvalue weighted by Gasteiger charge is -2.10. The van der Waals surface area contributed by atoms with Crippen molar-refractivity contribution in [1.29, 1.82) is 5.26 Å². The monoisotopic (exact) mass is 583 g/mol. The summed E-state index contributed by atoms with van der Waals surface area (Å²) in [6.07, 6.45) is 1.20.